The average molecular weight is 522 g/mol. The number of amides is 2. The van der Waals surface area contributed by atoms with E-state index in [1.165, 1.54) is 4.90 Å². The maximum absolute atomic E-state index is 14.3. The van der Waals surface area contributed by atoms with Crippen LogP contribution in [0.15, 0.2) is 48.6 Å². The quantitative estimate of drug-likeness (QED) is 0.457. The van der Waals surface area contributed by atoms with Gasteiger partial charge in [-0.2, -0.15) is 0 Å². The van der Waals surface area contributed by atoms with Gasteiger partial charge in [-0.15, -0.1) is 5.10 Å². The average Bonchev–Trinajstić information content (AvgIpc) is 3.53. The van der Waals surface area contributed by atoms with Gasteiger partial charge in [0.1, 0.15) is 29.7 Å². The van der Waals surface area contributed by atoms with Crippen LogP contribution in [0.25, 0.3) is 11.0 Å². The van der Waals surface area contributed by atoms with Gasteiger partial charge < -0.3 is 24.4 Å². The fraction of sp³-hybridized carbons (Fsp3) is 0.519. The van der Waals surface area contributed by atoms with Crippen LogP contribution in [0.3, 0.4) is 0 Å². The summed E-state index contributed by atoms with van der Waals surface area (Å²) in [6, 6.07) is 5.82. The minimum absolute atomic E-state index is 0.119. The number of nitrogens with zero attached hydrogens (tertiary/aromatic N) is 5. The minimum Gasteiger partial charge on any atom is -0.465 e. The third-order valence-corrected chi connectivity index (χ3v) is 8.17. The number of carbonyl (C=O) groups is 3. The van der Waals surface area contributed by atoms with Crippen molar-refractivity contribution >= 4 is 28.8 Å². The Morgan fingerprint density at radius 3 is 2.84 bits per heavy atom. The number of benzene rings is 1. The first-order valence-corrected chi connectivity index (χ1v) is 13.2. The number of ether oxygens (including phenoxy) is 2. The number of hydrogen-bond acceptors (Lipinski definition) is 8. The van der Waals surface area contributed by atoms with Crippen molar-refractivity contribution in [3.05, 3.63) is 48.6 Å². The highest BCUT2D eigenvalue weighted by Crippen LogP contribution is 2.53. The van der Waals surface area contributed by atoms with E-state index in [1.54, 1.807) is 15.7 Å². The number of para-hydroxylation sites is 1. The molecule has 5 heterocycles. The minimum atomic E-state index is -1.37. The van der Waals surface area contributed by atoms with Crippen LogP contribution >= 0.6 is 0 Å². The Morgan fingerprint density at radius 2 is 2.03 bits per heavy atom. The van der Waals surface area contributed by atoms with Crippen LogP contribution in [0, 0.1) is 11.8 Å². The Bertz CT molecular complexity index is 1320. The Labute approximate surface area is 219 Å². The molecule has 2 aromatic rings. The Hall–Kier alpha value is -3.57. The van der Waals surface area contributed by atoms with Gasteiger partial charge in [-0.3, -0.25) is 14.4 Å². The zero-order valence-corrected chi connectivity index (χ0v) is 21.2. The first-order valence-electron chi connectivity index (χ1n) is 13.2. The van der Waals surface area contributed by atoms with Crippen LogP contribution in [0.2, 0.25) is 0 Å². The number of carbonyl (C=O) groups excluding carboxylic acids is 3. The molecular weight excluding hydrogens is 490 g/mol. The molecule has 1 aromatic heterocycles. The number of esters is 1. The SMILES string of the molecule is CC[C@@H](CO)N1C(=O)[C@@H]2[C@@H]3C(=O)OCCC/C=C\[C@@H]3O[C@@]23C=CCN(Cn2nnc4ccccc42)C(=O)C13. The molecule has 4 aliphatic rings. The maximum atomic E-state index is 14.3. The summed E-state index contributed by atoms with van der Waals surface area (Å²) >= 11 is 0. The summed E-state index contributed by atoms with van der Waals surface area (Å²) in [5, 5.41) is 18.6. The van der Waals surface area contributed by atoms with E-state index >= 15 is 0 Å². The Balaban J connectivity index is 1.43. The number of rotatable bonds is 5. The zero-order valence-electron chi connectivity index (χ0n) is 21.2. The molecule has 11 heteroatoms. The number of aliphatic hydroxyl groups excluding tert-OH is 1. The molecule has 38 heavy (non-hydrogen) atoms. The van der Waals surface area contributed by atoms with Crippen LogP contribution in [-0.4, -0.2) is 91.2 Å². The number of cyclic esters (lactones) is 1. The first-order chi connectivity index (χ1) is 18.5. The van der Waals surface area contributed by atoms with E-state index in [2.05, 4.69) is 10.3 Å². The highest BCUT2D eigenvalue weighted by atomic mass is 16.6. The number of fused-ring (bicyclic) bond motifs is 3. The molecule has 6 rings (SSSR count). The normalized spacial score (nSPS) is 32.6. The van der Waals surface area contributed by atoms with Crippen LogP contribution in [0.4, 0.5) is 0 Å². The summed E-state index contributed by atoms with van der Waals surface area (Å²) in [5.74, 6) is -3.03. The second-order valence-corrected chi connectivity index (χ2v) is 10.3. The molecule has 11 nitrogen and oxygen atoms in total. The number of aromatic nitrogens is 3. The van der Waals surface area contributed by atoms with Crippen LogP contribution < -0.4 is 0 Å². The molecule has 2 fully saturated rings. The van der Waals surface area contributed by atoms with Crippen molar-refractivity contribution in [3.8, 4) is 0 Å². The van der Waals surface area contributed by atoms with Crippen LogP contribution in [-0.2, 0) is 30.5 Å². The molecule has 1 spiro atoms. The van der Waals surface area contributed by atoms with Gasteiger partial charge in [-0.25, -0.2) is 4.68 Å². The summed E-state index contributed by atoms with van der Waals surface area (Å²) in [7, 11) is 0. The predicted octanol–water partition coefficient (Wildman–Crippen LogP) is 1.03. The number of allylic oxidation sites excluding steroid dienone is 1. The lowest BCUT2D eigenvalue weighted by atomic mass is 9.78. The van der Waals surface area contributed by atoms with Gasteiger partial charge in [0.15, 0.2) is 0 Å². The topological polar surface area (TPSA) is 127 Å². The highest BCUT2D eigenvalue weighted by Gasteiger charge is 2.72. The summed E-state index contributed by atoms with van der Waals surface area (Å²) in [6.07, 6.45) is 8.52. The number of hydrogen-bond donors (Lipinski definition) is 1. The highest BCUT2D eigenvalue weighted by molar-refractivity contribution is 5.99. The van der Waals surface area contributed by atoms with E-state index in [0.717, 1.165) is 11.9 Å². The Kier molecular flexibility index (Phi) is 6.27. The van der Waals surface area contributed by atoms with E-state index in [0.29, 0.717) is 18.4 Å². The van der Waals surface area contributed by atoms with Crippen molar-refractivity contribution in [2.75, 3.05) is 19.8 Å². The van der Waals surface area contributed by atoms with Gasteiger partial charge in [-0.05, 0) is 31.4 Å². The van der Waals surface area contributed by atoms with E-state index in [1.807, 2.05) is 49.4 Å². The molecule has 200 valence electrons. The molecule has 1 N–H and O–H groups in total. The van der Waals surface area contributed by atoms with Gasteiger partial charge in [-0.1, -0.05) is 48.6 Å². The van der Waals surface area contributed by atoms with Crippen molar-refractivity contribution in [2.45, 2.75) is 56.6 Å². The molecule has 0 bridgehead atoms. The van der Waals surface area contributed by atoms with Gasteiger partial charge in [0.25, 0.3) is 5.91 Å². The molecule has 1 aromatic carbocycles. The lowest BCUT2D eigenvalue weighted by molar-refractivity contribution is -0.156. The van der Waals surface area contributed by atoms with E-state index in [4.69, 9.17) is 9.47 Å². The fourth-order valence-electron chi connectivity index (χ4n) is 6.36. The summed E-state index contributed by atoms with van der Waals surface area (Å²) < 4.78 is 13.8. The van der Waals surface area contributed by atoms with E-state index in [-0.39, 0.29) is 38.2 Å². The zero-order chi connectivity index (χ0) is 26.4. The molecule has 6 atom stereocenters. The summed E-state index contributed by atoms with van der Waals surface area (Å²) in [4.78, 5) is 44.8. The van der Waals surface area contributed by atoms with E-state index < -0.39 is 41.6 Å². The monoisotopic (exact) mass is 521 g/mol. The fourth-order valence-corrected chi connectivity index (χ4v) is 6.36. The smallest absolute Gasteiger partial charge is 0.312 e. The van der Waals surface area contributed by atoms with Crippen LogP contribution in [0.5, 0.6) is 0 Å². The molecule has 0 radical (unpaired) electrons. The second-order valence-electron chi connectivity index (χ2n) is 10.3. The van der Waals surface area contributed by atoms with Gasteiger partial charge in [0, 0.05) is 6.54 Å². The van der Waals surface area contributed by atoms with Gasteiger partial charge >= 0.3 is 5.97 Å². The maximum Gasteiger partial charge on any atom is 0.312 e. The Morgan fingerprint density at radius 1 is 1.18 bits per heavy atom. The van der Waals surface area contributed by atoms with Gasteiger partial charge in [0.05, 0.1) is 36.8 Å². The molecule has 4 aliphatic heterocycles. The number of likely N-dealkylation sites (tertiary alicyclic amines) is 1. The predicted molar refractivity (Wildman–Crippen MR) is 134 cm³/mol. The molecule has 0 aliphatic carbocycles. The first kappa shape index (κ1) is 24.7. The lowest BCUT2D eigenvalue weighted by Gasteiger charge is -2.38. The second kappa shape index (κ2) is 9.63. The molecule has 2 amide bonds. The largest absolute Gasteiger partial charge is 0.465 e. The molecule has 0 saturated carbocycles. The van der Waals surface area contributed by atoms with Crippen molar-refractivity contribution in [2.24, 2.45) is 11.8 Å². The number of aliphatic hydroxyl groups is 1. The molecule has 2 saturated heterocycles. The van der Waals surface area contributed by atoms with Crippen LogP contribution in [0.1, 0.15) is 26.2 Å². The standard InChI is InChI=1S/C27H31N5O6/c1-2-17(15-33)32-23-25(35)30(16-31-19-10-6-5-9-18(19)28-29-31)13-8-12-27(23)22(24(32)34)21-20(38-27)11-4-3-7-14-37-26(21)36/h4-6,8-12,17,20-23,33H,2-3,7,13-16H2,1H3/b11-4-/t17-,20-,21+,22-,23?,27-/m0/s1. The summed E-state index contributed by atoms with van der Waals surface area (Å²) in [6.45, 7) is 2.18. The molecular formula is C27H31N5O6. The third-order valence-electron chi connectivity index (χ3n) is 8.17. The van der Waals surface area contributed by atoms with Crippen molar-refractivity contribution in [3.63, 3.8) is 0 Å². The van der Waals surface area contributed by atoms with Crippen molar-refractivity contribution in [1.29, 1.82) is 0 Å². The van der Waals surface area contributed by atoms with Crippen molar-refractivity contribution in [1.82, 2.24) is 24.8 Å². The summed E-state index contributed by atoms with van der Waals surface area (Å²) in [5.41, 5.74) is 0.123. The van der Waals surface area contributed by atoms with Crippen molar-refractivity contribution < 1.29 is 29.0 Å². The van der Waals surface area contributed by atoms with E-state index in [9.17, 15) is 19.5 Å². The lowest BCUT2D eigenvalue weighted by Crippen LogP contribution is -2.58. The third kappa shape index (κ3) is 3.67. The molecule has 1 unspecified atom stereocenters. The van der Waals surface area contributed by atoms with Gasteiger partial charge in [0.2, 0.25) is 5.91 Å².